The summed E-state index contributed by atoms with van der Waals surface area (Å²) in [4.78, 5) is 24.5. The van der Waals surface area contributed by atoms with Gasteiger partial charge in [0.2, 0.25) is 0 Å². The number of hydrogen-bond donors (Lipinski definition) is 1. The Labute approximate surface area is 169 Å². The molecule has 0 unspecified atom stereocenters. The molecule has 0 saturated heterocycles. The van der Waals surface area contributed by atoms with Crippen molar-refractivity contribution < 1.29 is 12.7 Å². The Morgan fingerprint density at radius 3 is 2.07 bits per heavy atom. The quantitative estimate of drug-likeness (QED) is 0.266. The van der Waals surface area contributed by atoms with Crippen molar-refractivity contribution in [3.63, 3.8) is 0 Å². The van der Waals surface area contributed by atoms with Crippen LogP contribution in [0.3, 0.4) is 0 Å². The van der Waals surface area contributed by atoms with E-state index in [0.29, 0.717) is 11.3 Å². The molecule has 0 bridgehead atoms. The number of anilines is 1. The molecule has 0 radical (unpaired) electrons. The van der Waals surface area contributed by atoms with E-state index in [1.165, 1.54) is 6.08 Å². The molecule has 0 saturated carbocycles. The summed E-state index contributed by atoms with van der Waals surface area (Å²) in [6.45, 7) is 10.0. The first kappa shape index (κ1) is 23.7. The third kappa shape index (κ3) is 8.50. The van der Waals surface area contributed by atoms with Crippen molar-refractivity contribution in [3.8, 4) is 0 Å². The summed E-state index contributed by atoms with van der Waals surface area (Å²) in [5.41, 5.74) is 1.10. The predicted molar refractivity (Wildman–Crippen MR) is 116 cm³/mol. The van der Waals surface area contributed by atoms with Crippen molar-refractivity contribution in [2.75, 3.05) is 5.32 Å². The van der Waals surface area contributed by atoms with E-state index in [9.17, 15) is 9.59 Å². The van der Waals surface area contributed by atoms with Crippen LogP contribution in [0, 0.1) is 0 Å². The Hall–Kier alpha value is -1.30. The molecule has 0 spiro atoms. The first-order valence-electron chi connectivity index (χ1n) is 10.3. The molecule has 0 heterocycles. The van der Waals surface area contributed by atoms with E-state index in [1.807, 2.05) is 0 Å². The molecule has 1 amide bonds. The molecular formula is C22H35NO3Sn. The van der Waals surface area contributed by atoms with Gasteiger partial charge in [-0.05, 0) is 0 Å². The van der Waals surface area contributed by atoms with Crippen LogP contribution in [0.2, 0.25) is 13.3 Å². The van der Waals surface area contributed by atoms with Gasteiger partial charge in [-0.1, -0.05) is 0 Å². The van der Waals surface area contributed by atoms with E-state index in [4.69, 9.17) is 3.07 Å². The summed E-state index contributed by atoms with van der Waals surface area (Å²) < 4.78 is 9.70. The minimum absolute atomic E-state index is 0.219. The summed E-state index contributed by atoms with van der Waals surface area (Å²) in [5.74, 6) is -0.508. The second-order valence-corrected chi connectivity index (χ2v) is 18.8. The maximum absolute atomic E-state index is 13.0. The summed E-state index contributed by atoms with van der Waals surface area (Å²) in [5, 5.41) is 2.70. The van der Waals surface area contributed by atoms with Crippen LogP contribution < -0.4 is 5.32 Å². The van der Waals surface area contributed by atoms with Gasteiger partial charge in [0.05, 0.1) is 0 Å². The van der Waals surface area contributed by atoms with E-state index in [0.717, 1.165) is 51.8 Å². The Bertz CT molecular complexity index is 594. The number of carbonyl (C=O) groups is 2. The van der Waals surface area contributed by atoms with Gasteiger partial charge in [0.15, 0.2) is 0 Å². The van der Waals surface area contributed by atoms with E-state index >= 15 is 0 Å². The standard InChI is InChI=1S/C10H9NO3.3C4H9.Sn/c1-2-9(12)11-8-5-3-4-7(6-8)10(13)14;3*1-3-4-2;/h2-6H,1H2,(H,11,12)(H,13,14);3*1,3-4H2,2H3;/q;;;;+1/p-1. The van der Waals surface area contributed by atoms with Crippen LogP contribution in [0.1, 0.15) is 69.7 Å². The van der Waals surface area contributed by atoms with E-state index in [1.54, 1.807) is 24.3 Å². The zero-order valence-electron chi connectivity index (χ0n) is 17.2. The van der Waals surface area contributed by atoms with Gasteiger partial charge in [-0.25, -0.2) is 0 Å². The molecule has 0 fully saturated rings. The van der Waals surface area contributed by atoms with E-state index in [-0.39, 0.29) is 11.9 Å². The van der Waals surface area contributed by atoms with Crippen LogP contribution in [0.25, 0.3) is 0 Å². The van der Waals surface area contributed by atoms with Crippen molar-refractivity contribution in [2.45, 2.75) is 72.6 Å². The van der Waals surface area contributed by atoms with Gasteiger partial charge in [0.25, 0.3) is 0 Å². The van der Waals surface area contributed by atoms with Gasteiger partial charge in [0, 0.05) is 0 Å². The van der Waals surface area contributed by atoms with Gasteiger partial charge < -0.3 is 0 Å². The van der Waals surface area contributed by atoms with Gasteiger partial charge >= 0.3 is 169 Å². The second-order valence-electron chi connectivity index (χ2n) is 7.16. The van der Waals surface area contributed by atoms with E-state index in [2.05, 4.69) is 32.7 Å². The number of rotatable bonds is 13. The maximum atomic E-state index is 13.0. The first-order chi connectivity index (χ1) is 13.0. The van der Waals surface area contributed by atoms with Gasteiger partial charge in [-0.3, -0.25) is 0 Å². The fourth-order valence-corrected chi connectivity index (χ4v) is 16.2. The molecule has 150 valence electrons. The molecule has 1 rings (SSSR count). The third-order valence-electron chi connectivity index (χ3n) is 4.82. The summed E-state index contributed by atoms with van der Waals surface area (Å²) >= 11 is -3.00. The van der Waals surface area contributed by atoms with Crippen LogP contribution in [-0.2, 0) is 7.87 Å². The first-order valence-corrected chi connectivity index (χ1v) is 17.5. The zero-order chi connectivity index (χ0) is 20.1. The predicted octanol–water partition coefficient (Wildman–Crippen LogP) is 6.31. The number of amides is 1. The van der Waals surface area contributed by atoms with Crippen LogP contribution in [0.4, 0.5) is 5.69 Å². The number of nitrogens with one attached hydrogen (secondary N) is 1. The van der Waals surface area contributed by atoms with Crippen molar-refractivity contribution in [1.29, 1.82) is 0 Å². The van der Waals surface area contributed by atoms with Gasteiger partial charge in [-0.15, -0.1) is 0 Å². The Morgan fingerprint density at radius 2 is 1.59 bits per heavy atom. The molecular weight excluding hydrogens is 445 g/mol. The molecule has 1 aromatic carbocycles. The number of carbonyl (C=O) groups excluding carboxylic acids is 2. The van der Waals surface area contributed by atoms with Crippen molar-refractivity contribution in [2.24, 2.45) is 0 Å². The molecule has 0 aliphatic carbocycles. The second kappa shape index (κ2) is 13.0. The summed E-state index contributed by atoms with van der Waals surface area (Å²) in [7, 11) is 0. The third-order valence-corrected chi connectivity index (χ3v) is 17.4. The Morgan fingerprint density at radius 1 is 1.04 bits per heavy atom. The fraction of sp³-hybridized carbons (Fsp3) is 0.545. The van der Waals surface area contributed by atoms with Crippen molar-refractivity contribution >= 4 is 36.4 Å². The SMILES string of the molecule is C=CC(=O)Nc1cccc(C(=O)[O][Sn]([CH2]CCC)([CH2]CCC)[CH2]CCC)c1. The molecule has 0 aromatic heterocycles. The van der Waals surface area contributed by atoms with E-state index < -0.39 is 18.8 Å². The molecule has 1 N–H and O–H groups in total. The molecule has 0 atom stereocenters. The Balaban J connectivity index is 3.00. The Kier molecular flexibility index (Phi) is 11.4. The summed E-state index contributed by atoms with van der Waals surface area (Å²) in [6, 6.07) is 7.00. The van der Waals surface area contributed by atoms with Crippen LogP contribution >= 0.6 is 0 Å². The normalized spacial score (nSPS) is 11.1. The van der Waals surface area contributed by atoms with Gasteiger partial charge in [0.1, 0.15) is 0 Å². The van der Waals surface area contributed by atoms with Crippen molar-refractivity contribution in [3.05, 3.63) is 42.5 Å². The monoisotopic (exact) mass is 481 g/mol. The number of unbranched alkanes of at least 4 members (excludes halogenated alkanes) is 3. The molecule has 1 aromatic rings. The molecule has 4 nitrogen and oxygen atoms in total. The fourth-order valence-electron chi connectivity index (χ4n) is 3.20. The molecule has 5 heteroatoms. The van der Waals surface area contributed by atoms with Crippen LogP contribution in [0.5, 0.6) is 0 Å². The minimum atomic E-state index is -3.00. The van der Waals surface area contributed by atoms with Crippen LogP contribution in [0.15, 0.2) is 36.9 Å². The number of hydrogen-bond acceptors (Lipinski definition) is 3. The summed E-state index contributed by atoms with van der Waals surface area (Å²) in [6.07, 6.45) is 8.06. The molecule has 0 aliphatic rings. The molecule has 27 heavy (non-hydrogen) atoms. The topological polar surface area (TPSA) is 55.4 Å². The zero-order valence-corrected chi connectivity index (χ0v) is 20.0. The van der Waals surface area contributed by atoms with Crippen LogP contribution in [-0.4, -0.2) is 30.7 Å². The van der Waals surface area contributed by atoms with Crippen molar-refractivity contribution in [1.82, 2.24) is 0 Å². The van der Waals surface area contributed by atoms with Gasteiger partial charge in [-0.2, -0.15) is 0 Å². The average molecular weight is 480 g/mol. The molecule has 0 aliphatic heterocycles. The number of benzene rings is 1. The average Bonchev–Trinajstić information content (AvgIpc) is 2.69.